The second-order valence-corrected chi connectivity index (χ2v) is 6.78. The molecule has 0 saturated carbocycles. The van der Waals surface area contributed by atoms with Crippen LogP contribution >= 0.6 is 47.2 Å². The van der Waals surface area contributed by atoms with Gasteiger partial charge in [0, 0.05) is 36.2 Å². The monoisotopic (exact) mass is 524 g/mol. The SMILES string of the molecule is CCNC(=NCCCc1ccc(Cl)cc1Cl)NCCCCn1cnnc1.I. The number of rotatable bonds is 10. The zero-order chi connectivity index (χ0) is 18.6. The summed E-state index contributed by atoms with van der Waals surface area (Å²) in [6, 6.07) is 5.64. The molecule has 0 unspecified atom stereocenters. The fourth-order valence-corrected chi connectivity index (χ4v) is 2.99. The molecule has 0 atom stereocenters. The van der Waals surface area contributed by atoms with E-state index in [1.165, 1.54) is 0 Å². The molecule has 27 heavy (non-hydrogen) atoms. The van der Waals surface area contributed by atoms with Crippen LogP contribution in [0.1, 0.15) is 31.7 Å². The highest BCUT2D eigenvalue weighted by molar-refractivity contribution is 14.0. The number of aryl methyl sites for hydroxylation is 2. The van der Waals surface area contributed by atoms with E-state index in [4.69, 9.17) is 23.2 Å². The first kappa shape index (κ1) is 24.0. The van der Waals surface area contributed by atoms with E-state index in [-0.39, 0.29) is 24.0 Å². The lowest BCUT2D eigenvalue weighted by Crippen LogP contribution is -2.38. The van der Waals surface area contributed by atoms with Crippen LogP contribution in [0.25, 0.3) is 0 Å². The lowest BCUT2D eigenvalue weighted by Gasteiger charge is -2.11. The van der Waals surface area contributed by atoms with Crippen molar-refractivity contribution in [2.24, 2.45) is 4.99 Å². The number of halogens is 3. The second kappa shape index (κ2) is 14.0. The summed E-state index contributed by atoms with van der Waals surface area (Å²) in [6.07, 6.45) is 7.43. The molecule has 1 aromatic heterocycles. The van der Waals surface area contributed by atoms with Gasteiger partial charge in [0.1, 0.15) is 12.7 Å². The van der Waals surface area contributed by atoms with Crippen molar-refractivity contribution in [3.63, 3.8) is 0 Å². The van der Waals surface area contributed by atoms with Gasteiger partial charge in [-0.25, -0.2) is 0 Å². The van der Waals surface area contributed by atoms with Crippen molar-refractivity contribution < 1.29 is 0 Å². The smallest absolute Gasteiger partial charge is 0.191 e. The molecule has 0 spiro atoms. The summed E-state index contributed by atoms with van der Waals surface area (Å²) in [5.41, 5.74) is 1.11. The first-order valence-corrected chi connectivity index (χ1v) is 9.73. The summed E-state index contributed by atoms with van der Waals surface area (Å²) < 4.78 is 1.99. The first-order valence-electron chi connectivity index (χ1n) is 8.97. The fraction of sp³-hybridized carbons (Fsp3) is 0.500. The molecule has 2 rings (SSSR count). The highest BCUT2D eigenvalue weighted by Crippen LogP contribution is 2.21. The van der Waals surface area contributed by atoms with Gasteiger partial charge in [-0.2, -0.15) is 0 Å². The fourth-order valence-electron chi connectivity index (χ4n) is 2.49. The predicted octanol–water partition coefficient (Wildman–Crippen LogP) is 4.17. The summed E-state index contributed by atoms with van der Waals surface area (Å²) >= 11 is 12.1. The minimum atomic E-state index is 0. The third-order valence-electron chi connectivity index (χ3n) is 3.84. The Kier molecular flexibility index (Phi) is 12.4. The summed E-state index contributed by atoms with van der Waals surface area (Å²) in [5.74, 6) is 0.860. The van der Waals surface area contributed by atoms with E-state index in [1.54, 1.807) is 18.7 Å². The molecular weight excluding hydrogens is 498 g/mol. The van der Waals surface area contributed by atoms with Gasteiger partial charge in [0.05, 0.1) is 0 Å². The number of hydrogen-bond donors (Lipinski definition) is 2. The number of hydrogen-bond acceptors (Lipinski definition) is 3. The summed E-state index contributed by atoms with van der Waals surface area (Å²) in [6.45, 7) is 5.47. The number of nitrogens with one attached hydrogen (secondary N) is 2. The maximum atomic E-state index is 6.20. The standard InChI is InChI=1S/C18H26Cl2N6.HI/c1-2-21-18(22-9-3-4-11-26-13-24-25-14-26)23-10-5-6-15-7-8-16(19)12-17(15)20;/h7-8,12-14H,2-6,9-11H2,1H3,(H2,21,22,23);1H. The van der Waals surface area contributed by atoms with E-state index in [0.717, 1.165) is 68.4 Å². The molecule has 0 saturated heterocycles. The molecule has 150 valence electrons. The Labute approximate surface area is 188 Å². The molecule has 1 aromatic carbocycles. The summed E-state index contributed by atoms with van der Waals surface area (Å²) in [7, 11) is 0. The number of benzene rings is 1. The maximum Gasteiger partial charge on any atom is 0.191 e. The number of unbranched alkanes of at least 4 members (excludes halogenated alkanes) is 1. The van der Waals surface area contributed by atoms with E-state index < -0.39 is 0 Å². The Bertz CT molecular complexity index is 678. The minimum Gasteiger partial charge on any atom is -0.357 e. The third-order valence-corrected chi connectivity index (χ3v) is 4.42. The Morgan fingerprint density at radius 2 is 1.89 bits per heavy atom. The maximum absolute atomic E-state index is 6.20. The van der Waals surface area contributed by atoms with Gasteiger partial charge in [-0.05, 0) is 50.3 Å². The van der Waals surface area contributed by atoms with Crippen LogP contribution in [-0.4, -0.2) is 40.4 Å². The quantitative estimate of drug-likeness (QED) is 0.212. The van der Waals surface area contributed by atoms with Gasteiger partial charge in [0.15, 0.2) is 5.96 Å². The zero-order valence-electron chi connectivity index (χ0n) is 15.5. The van der Waals surface area contributed by atoms with Crippen LogP contribution in [0.2, 0.25) is 10.0 Å². The second-order valence-electron chi connectivity index (χ2n) is 5.93. The molecule has 0 radical (unpaired) electrons. The molecule has 1 heterocycles. The van der Waals surface area contributed by atoms with Gasteiger partial charge >= 0.3 is 0 Å². The molecule has 9 heteroatoms. The molecule has 0 aliphatic carbocycles. The Morgan fingerprint density at radius 1 is 1.11 bits per heavy atom. The lowest BCUT2D eigenvalue weighted by molar-refractivity contribution is 0.597. The largest absolute Gasteiger partial charge is 0.357 e. The topological polar surface area (TPSA) is 67.1 Å². The van der Waals surface area contributed by atoms with Crippen molar-refractivity contribution in [3.05, 3.63) is 46.5 Å². The van der Waals surface area contributed by atoms with Crippen LogP contribution in [0.3, 0.4) is 0 Å². The molecule has 0 aliphatic rings. The van der Waals surface area contributed by atoms with Crippen molar-refractivity contribution >= 4 is 53.1 Å². The van der Waals surface area contributed by atoms with E-state index in [1.807, 2.05) is 16.7 Å². The van der Waals surface area contributed by atoms with Crippen LogP contribution in [0.4, 0.5) is 0 Å². The lowest BCUT2D eigenvalue weighted by atomic mass is 10.1. The van der Waals surface area contributed by atoms with Crippen LogP contribution in [0.15, 0.2) is 35.8 Å². The Hall–Kier alpha value is -1.06. The van der Waals surface area contributed by atoms with Crippen molar-refractivity contribution in [1.29, 1.82) is 0 Å². The molecule has 6 nitrogen and oxygen atoms in total. The van der Waals surface area contributed by atoms with Gasteiger partial charge in [0.25, 0.3) is 0 Å². The molecule has 0 bridgehead atoms. The average Bonchev–Trinajstić information content (AvgIpc) is 3.13. The number of nitrogens with zero attached hydrogens (tertiary/aromatic N) is 4. The molecular formula is C18H27Cl2IN6. The number of guanidine groups is 1. The van der Waals surface area contributed by atoms with Gasteiger partial charge < -0.3 is 15.2 Å². The molecule has 0 amide bonds. The highest BCUT2D eigenvalue weighted by Gasteiger charge is 2.02. The van der Waals surface area contributed by atoms with E-state index >= 15 is 0 Å². The molecule has 0 aliphatic heterocycles. The average molecular weight is 525 g/mol. The highest BCUT2D eigenvalue weighted by atomic mass is 127. The van der Waals surface area contributed by atoms with E-state index in [9.17, 15) is 0 Å². The summed E-state index contributed by atoms with van der Waals surface area (Å²) in [5, 5.41) is 15.6. The molecule has 2 N–H and O–H groups in total. The van der Waals surface area contributed by atoms with Crippen molar-refractivity contribution in [2.75, 3.05) is 19.6 Å². The van der Waals surface area contributed by atoms with Crippen LogP contribution in [0.5, 0.6) is 0 Å². The van der Waals surface area contributed by atoms with Crippen molar-refractivity contribution in [2.45, 2.75) is 39.2 Å². The van der Waals surface area contributed by atoms with Gasteiger partial charge in [0.2, 0.25) is 0 Å². The third kappa shape index (κ3) is 9.62. The summed E-state index contributed by atoms with van der Waals surface area (Å²) in [4.78, 5) is 4.62. The number of aliphatic imine (C=N–C) groups is 1. The Balaban J connectivity index is 0.00000364. The van der Waals surface area contributed by atoms with Crippen LogP contribution in [-0.2, 0) is 13.0 Å². The zero-order valence-corrected chi connectivity index (χ0v) is 19.3. The molecule has 2 aromatic rings. The minimum absolute atomic E-state index is 0. The van der Waals surface area contributed by atoms with Crippen molar-refractivity contribution in [1.82, 2.24) is 25.4 Å². The van der Waals surface area contributed by atoms with Gasteiger partial charge in [-0.3, -0.25) is 4.99 Å². The first-order chi connectivity index (χ1) is 12.7. The van der Waals surface area contributed by atoms with Gasteiger partial charge in [-0.1, -0.05) is 29.3 Å². The predicted molar refractivity (Wildman–Crippen MR) is 123 cm³/mol. The van der Waals surface area contributed by atoms with Crippen LogP contribution < -0.4 is 10.6 Å². The van der Waals surface area contributed by atoms with E-state index in [2.05, 4.69) is 32.7 Å². The van der Waals surface area contributed by atoms with Crippen molar-refractivity contribution in [3.8, 4) is 0 Å². The molecule has 0 fully saturated rings. The normalized spacial score (nSPS) is 11.1. The van der Waals surface area contributed by atoms with E-state index in [0.29, 0.717) is 5.02 Å². The Morgan fingerprint density at radius 3 is 2.59 bits per heavy atom. The van der Waals surface area contributed by atoms with Gasteiger partial charge in [-0.15, -0.1) is 34.2 Å². The number of aromatic nitrogens is 3. The van der Waals surface area contributed by atoms with Crippen LogP contribution in [0, 0.1) is 0 Å².